The Balaban J connectivity index is 1.90. The molecule has 0 radical (unpaired) electrons. The molecule has 2 aromatic carbocycles. The lowest BCUT2D eigenvalue weighted by atomic mass is 10.1. The molecule has 0 spiro atoms. The minimum atomic E-state index is -0.364. The molecule has 1 heterocycles. The van der Waals surface area contributed by atoms with Gasteiger partial charge in [-0.15, -0.1) is 0 Å². The molecule has 0 atom stereocenters. The first-order valence-electron chi connectivity index (χ1n) is 6.36. The summed E-state index contributed by atoms with van der Waals surface area (Å²) in [5.74, 6) is -0.364. The van der Waals surface area contributed by atoms with Crippen LogP contribution in [-0.2, 0) is 6.54 Å². The molecule has 0 bridgehead atoms. The maximum absolute atomic E-state index is 13.8. The van der Waals surface area contributed by atoms with Crippen LogP contribution >= 0.6 is 27.5 Å². The second kappa shape index (κ2) is 6.00. The lowest BCUT2D eigenvalue weighted by Crippen LogP contribution is -2.02. The first kappa shape index (κ1) is 14.3. The number of rotatable bonds is 3. The summed E-state index contributed by atoms with van der Waals surface area (Å²) in [5.41, 5.74) is 2.32. The van der Waals surface area contributed by atoms with Crippen molar-refractivity contribution in [3.8, 4) is 0 Å². The molecule has 2 nitrogen and oxygen atoms in total. The summed E-state index contributed by atoms with van der Waals surface area (Å²) in [6.45, 7) is 0.485. The van der Waals surface area contributed by atoms with Crippen LogP contribution in [-0.4, -0.2) is 4.98 Å². The van der Waals surface area contributed by atoms with E-state index in [0.717, 1.165) is 20.9 Å². The van der Waals surface area contributed by atoms with Crippen LogP contribution in [0.3, 0.4) is 0 Å². The quantitative estimate of drug-likeness (QED) is 0.672. The summed E-state index contributed by atoms with van der Waals surface area (Å²) in [6, 6.07) is 12.4. The molecule has 106 valence electrons. The number of anilines is 1. The van der Waals surface area contributed by atoms with Crippen LogP contribution < -0.4 is 5.32 Å². The van der Waals surface area contributed by atoms with E-state index in [-0.39, 0.29) is 5.82 Å². The Bertz CT molecular complexity index is 807. The molecule has 1 aromatic heterocycles. The molecule has 0 aliphatic heterocycles. The summed E-state index contributed by atoms with van der Waals surface area (Å²) >= 11 is 9.26. The minimum Gasteiger partial charge on any atom is -0.379 e. The summed E-state index contributed by atoms with van der Waals surface area (Å²) in [7, 11) is 0. The van der Waals surface area contributed by atoms with Crippen molar-refractivity contribution in [2.24, 2.45) is 0 Å². The second-order valence-electron chi connectivity index (χ2n) is 4.58. The maximum Gasteiger partial charge on any atom is 0.147 e. The normalized spacial score (nSPS) is 10.8. The molecule has 0 saturated carbocycles. The zero-order valence-electron chi connectivity index (χ0n) is 10.9. The van der Waals surface area contributed by atoms with E-state index < -0.39 is 0 Å². The number of hydrogen-bond donors (Lipinski definition) is 1. The zero-order valence-corrected chi connectivity index (χ0v) is 13.2. The molecule has 0 saturated heterocycles. The van der Waals surface area contributed by atoms with E-state index in [1.165, 1.54) is 6.07 Å². The SMILES string of the molecule is Fc1cc(Cl)ccc1NCc1ccc(Br)c2cccnc12. The highest BCUT2D eigenvalue weighted by Gasteiger charge is 2.07. The largest absolute Gasteiger partial charge is 0.379 e. The summed E-state index contributed by atoms with van der Waals surface area (Å²) in [4.78, 5) is 4.41. The lowest BCUT2D eigenvalue weighted by Gasteiger charge is -2.10. The Morgan fingerprint density at radius 3 is 2.86 bits per heavy atom. The molecule has 0 amide bonds. The van der Waals surface area contributed by atoms with Crippen molar-refractivity contribution < 1.29 is 4.39 Å². The van der Waals surface area contributed by atoms with Crippen LogP contribution in [0.1, 0.15) is 5.56 Å². The standard InChI is InChI=1S/C16H11BrClFN2/c17-13-5-3-10(16-12(13)2-1-7-20-16)9-21-15-6-4-11(18)8-14(15)19/h1-8,21H,9H2. The van der Waals surface area contributed by atoms with Gasteiger partial charge in [0, 0.05) is 27.6 Å². The van der Waals surface area contributed by atoms with Crippen molar-refractivity contribution >= 4 is 44.1 Å². The number of fused-ring (bicyclic) bond motifs is 1. The van der Waals surface area contributed by atoms with Gasteiger partial charge in [-0.25, -0.2) is 4.39 Å². The highest BCUT2D eigenvalue weighted by Crippen LogP contribution is 2.26. The average Bonchev–Trinajstić information content (AvgIpc) is 2.48. The fourth-order valence-electron chi connectivity index (χ4n) is 2.16. The molecule has 5 heteroatoms. The summed E-state index contributed by atoms with van der Waals surface area (Å²) in [6.07, 6.45) is 1.75. The third kappa shape index (κ3) is 3.01. The van der Waals surface area contributed by atoms with Crippen molar-refractivity contribution in [2.45, 2.75) is 6.54 Å². The minimum absolute atomic E-state index is 0.364. The molecule has 0 aliphatic carbocycles. The van der Waals surface area contributed by atoms with E-state index in [4.69, 9.17) is 11.6 Å². The van der Waals surface area contributed by atoms with Crippen molar-refractivity contribution in [2.75, 3.05) is 5.32 Å². The highest BCUT2D eigenvalue weighted by atomic mass is 79.9. The second-order valence-corrected chi connectivity index (χ2v) is 5.87. The molecular weight excluding hydrogens is 355 g/mol. The molecule has 21 heavy (non-hydrogen) atoms. The van der Waals surface area contributed by atoms with E-state index in [1.807, 2.05) is 24.3 Å². The average molecular weight is 366 g/mol. The van der Waals surface area contributed by atoms with Crippen LogP contribution in [0.25, 0.3) is 10.9 Å². The molecule has 0 aliphatic rings. The van der Waals surface area contributed by atoms with Crippen LogP contribution in [0.4, 0.5) is 10.1 Å². The molecule has 0 unspecified atom stereocenters. The van der Waals surface area contributed by atoms with Gasteiger partial charge >= 0.3 is 0 Å². The molecule has 0 fully saturated rings. The van der Waals surface area contributed by atoms with E-state index in [9.17, 15) is 4.39 Å². The number of nitrogens with zero attached hydrogens (tertiary/aromatic N) is 1. The van der Waals surface area contributed by atoms with Gasteiger partial charge in [0.2, 0.25) is 0 Å². The Labute approximate surface area is 135 Å². The number of aromatic nitrogens is 1. The van der Waals surface area contributed by atoms with Gasteiger partial charge < -0.3 is 5.32 Å². The number of benzene rings is 2. The first-order valence-corrected chi connectivity index (χ1v) is 7.53. The fourth-order valence-corrected chi connectivity index (χ4v) is 2.77. The van der Waals surface area contributed by atoms with Crippen molar-refractivity contribution in [1.82, 2.24) is 4.98 Å². The Morgan fingerprint density at radius 1 is 1.19 bits per heavy atom. The predicted molar refractivity (Wildman–Crippen MR) is 88.2 cm³/mol. The molecule has 3 rings (SSSR count). The fraction of sp³-hybridized carbons (Fsp3) is 0.0625. The van der Waals surface area contributed by atoms with Crippen LogP contribution in [0, 0.1) is 5.82 Å². The Hall–Kier alpha value is -1.65. The van der Waals surface area contributed by atoms with Crippen molar-refractivity contribution in [3.05, 3.63) is 69.5 Å². The topological polar surface area (TPSA) is 24.9 Å². The van der Waals surface area contributed by atoms with Crippen molar-refractivity contribution in [3.63, 3.8) is 0 Å². The van der Waals surface area contributed by atoms with Gasteiger partial charge in [-0.05, 0) is 35.9 Å². The number of pyridine rings is 1. The predicted octanol–water partition coefficient (Wildman–Crippen LogP) is 5.40. The van der Waals surface area contributed by atoms with Gasteiger partial charge in [-0.1, -0.05) is 39.7 Å². The molecular formula is C16H11BrClFN2. The van der Waals surface area contributed by atoms with Gasteiger partial charge in [0.25, 0.3) is 0 Å². The first-order chi connectivity index (χ1) is 10.1. The number of nitrogens with one attached hydrogen (secondary N) is 1. The van der Waals surface area contributed by atoms with Crippen molar-refractivity contribution in [1.29, 1.82) is 0 Å². The van der Waals surface area contributed by atoms with E-state index >= 15 is 0 Å². The van der Waals surface area contributed by atoms with Crippen LogP contribution in [0.2, 0.25) is 5.02 Å². The summed E-state index contributed by atoms with van der Waals surface area (Å²) in [5, 5.41) is 4.50. The monoisotopic (exact) mass is 364 g/mol. The molecule has 3 aromatic rings. The Morgan fingerprint density at radius 2 is 2.05 bits per heavy atom. The smallest absolute Gasteiger partial charge is 0.147 e. The zero-order chi connectivity index (χ0) is 14.8. The van der Waals surface area contributed by atoms with E-state index in [0.29, 0.717) is 17.3 Å². The number of hydrogen-bond acceptors (Lipinski definition) is 2. The van der Waals surface area contributed by atoms with Gasteiger partial charge in [0.15, 0.2) is 0 Å². The van der Waals surface area contributed by atoms with Gasteiger partial charge in [-0.2, -0.15) is 0 Å². The van der Waals surface area contributed by atoms with Gasteiger partial charge in [0.05, 0.1) is 11.2 Å². The lowest BCUT2D eigenvalue weighted by molar-refractivity contribution is 0.630. The highest BCUT2D eigenvalue weighted by molar-refractivity contribution is 9.10. The third-order valence-electron chi connectivity index (χ3n) is 3.20. The van der Waals surface area contributed by atoms with E-state index in [1.54, 1.807) is 18.3 Å². The van der Waals surface area contributed by atoms with Crippen LogP contribution in [0.15, 0.2) is 53.1 Å². The molecule has 1 N–H and O–H groups in total. The van der Waals surface area contributed by atoms with Gasteiger partial charge in [0.1, 0.15) is 5.82 Å². The third-order valence-corrected chi connectivity index (χ3v) is 4.13. The maximum atomic E-state index is 13.8. The van der Waals surface area contributed by atoms with Crippen LogP contribution in [0.5, 0.6) is 0 Å². The number of halogens is 3. The van der Waals surface area contributed by atoms with Gasteiger partial charge in [-0.3, -0.25) is 4.98 Å². The van der Waals surface area contributed by atoms with E-state index in [2.05, 4.69) is 26.2 Å². The summed E-state index contributed by atoms with van der Waals surface area (Å²) < 4.78 is 14.8. The Kier molecular flexibility index (Phi) is 4.08.